The van der Waals surface area contributed by atoms with E-state index in [1.54, 1.807) is 0 Å². The Morgan fingerprint density at radius 2 is 1.73 bits per heavy atom. The quantitative estimate of drug-likeness (QED) is 0.709. The molecule has 0 aliphatic heterocycles. The molecule has 1 N–H and O–H groups in total. The first-order chi connectivity index (χ1) is 6.85. The highest BCUT2D eigenvalue weighted by atomic mass is 16.5. The minimum atomic E-state index is -0.0779. The number of ether oxygens (including phenoxy) is 2. The van der Waals surface area contributed by atoms with E-state index >= 15 is 0 Å². The molecular formula is C12H27NO2. The molecule has 0 heterocycles. The van der Waals surface area contributed by atoms with E-state index in [0.717, 1.165) is 6.54 Å². The normalized spacial score (nSPS) is 14.6. The second-order valence-corrected chi connectivity index (χ2v) is 5.06. The molecule has 0 bridgehead atoms. The standard InChI is InChI=1S/C12H27NO2/c1-7-13-11(8-14-10(2)3)9-15-12(4,5)6/h10-11,13H,7-9H2,1-6H3. The largest absolute Gasteiger partial charge is 0.377 e. The van der Waals surface area contributed by atoms with Gasteiger partial charge in [0.25, 0.3) is 0 Å². The van der Waals surface area contributed by atoms with Gasteiger partial charge in [0.15, 0.2) is 0 Å². The van der Waals surface area contributed by atoms with Crippen LogP contribution >= 0.6 is 0 Å². The zero-order valence-corrected chi connectivity index (χ0v) is 11.1. The molecule has 0 spiro atoms. The van der Waals surface area contributed by atoms with E-state index < -0.39 is 0 Å². The Labute approximate surface area is 94.5 Å². The fourth-order valence-corrected chi connectivity index (χ4v) is 1.11. The van der Waals surface area contributed by atoms with Crippen molar-refractivity contribution in [2.24, 2.45) is 0 Å². The first-order valence-electron chi connectivity index (χ1n) is 5.84. The number of nitrogens with one attached hydrogen (secondary N) is 1. The van der Waals surface area contributed by atoms with Gasteiger partial charge in [-0.15, -0.1) is 0 Å². The van der Waals surface area contributed by atoms with E-state index in [4.69, 9.17) is 9.47 Å². The maximum Gasteiger partial charge on any atom is 0.0649 e. The van der Waals surface area contributed by atoms with Gasteiger partial charge in [-0.3, -0.25) is 0 Å². The molecule has 0 saturated heterocycles. The van der Waals surface area contributed by atoms with E-state index in [9.17, 15) is 0 Å². The lowest BCUT2D eigenvalue weighted by Gasteiger charge is -2.25. The van der Waals surface area contributed by atoms with E-state index in [0.29, 0.717) is 13.2 Å². The van der Waals surface area contributed by atoms with E-state index in [1.807, 2.05) is 13.8 Å². The van der Waals surface area contributed by atoms with Crippen LogP contribution in [-0.2, 0) is 9.47 Å². The van der Waals surface area contributed by atoms with Crippen molar-refractivity contribution in [3.8, 4) is 0 Å². The van der Waals surface area contributed by atoms with Crippen LogP contribution < -0.4 is 5.32 Å². The summed E-state index contributed by atoms with van der Waals surface area (Å²) in [4.78, 5) is 0. The molecule has 1 unspecified atom stereocenters. The molecule has 0 radical (unpaired) electrons. The summed E-state index contributed by atoms with van der Waals surface area (Å²) >= 11 is 0. The molecule has 3 nitrogen and oxygen atoms in total. The number of rotatable bonds is 7. The molecule has 3 heteroatoms. The Morgan fingerprint density at radius 3 is 2.13 bits per heavy atom. The van der Waals surface area contributed by atoms with E-state index in [2.05, 4.69) is 33.0 Å². The summed E-state index contributed by atoms with van der Waals surface area (Å²) in [5.74, 6) is 0. The molecule has 0 amide bonds. The average molecular weight is 217 g/mol. The maximum atomic E-state index is 5.73. The molecule has 0 aliphatic rings. The van der Waals surface area contributed by atoms with E-state index in [1.165, 1.54) is 0 Å². The Balaban J connectivity index is 3.82. The first-order valence-corrected chi connectivity index (χ1v) is 5.84. The van der Waals surface area contributed by atoms with Crippen LogP contribution in [0, 0.1) is 0 Å². The summed E-state index contributed by atoms with van der Waals surface area (Å²) in [6.45, 7) is 14.8. The summed E-state index contributed by atoms with van der Waals surface area (Å²) in [5.41, 5.74) is -0.0779. The van der Waals surface area contributed by atoms with Gasteiger partial charge in [0.2, 0.25) is 0 Å². The van der Waals surface area contributed by atoms with Crippen molar-refractivity contribution in [1.82, 2.24) is 5.32 Å². The molecule has 92 valence electrons. The minimum Gasteiger partial charge on any atom is -0.377 e. The van der Waals surface area contributed by atoms with Gasteiger partial charge in [0.1, 0.15) is 0 Å². The first kappa shape index (κ1) is 14.9. The molecule has 15 heavy (non-hydrogen) atoms. The summed E-state index contributed by atoms with van der Waals surface area (Å²) < 4.78 is 11.3. The molecule has 0 rings (SSSR count). The third kappa shape index (κ3) is 10.2. The summed E-state index contributed by atoms with van der Waals surface area (Å²) in [6.07, 6.45) is 0.279. The van der Waals surface area contributed by atoms with Gasteiger partial charge >= 0.3 is 0 Å². The Hall–Kier alpha value is -0.120. The van der Waals surface area contributed by atoms with Crippen LogP contribution in [0.4, 0.5) is 0 Å². The van der Waals surface area contributed by atoms with Crippen LogP contribution in [-0.4, -0.2) is 37.5 Å². The fourth-order valence-electron chi connectivity index (χ4n) is 1.11. The van der Waals surface area contributed by atoms with Crippen molar-refractivity contribution in [3.05, 3.63) is 0 Å². The highest BCUT2D eigenvalue weighted by Gasteiger charge is 2.15. The predicted octanol–water partition coefficient (Wildman–Crippen LogP) is 2.20. The third-order valence-electron chi connectivity index (χ3n) is 1.84. The third-order valence-corrected chi connectivity index (χ3v) is 1.84. The van der Waals surface area contributed by atoms with Gasteiger partial charge in [-0.2, -0.15) is 0 Å². The lowest BCUT2D eigenvalue weighted by atomic mass is 10.2. The lowest BCUT2D eigenvalue weighted by Crippen LogP contribution is -2.40. The number of hydrogen-bond acceptors (Lipinski definition) is 3. The predicted molar refractivity (Wildman–Crippen MR) is 64.3 cm³/mol. The van der Waals surface area contributed by atoms with Crippen LogP contribution in [0.2, 0.25) is 0 Å². The Bertz CT molecular complexity index is 152. The molecule has 0 aromatic heterocycles. The van der Waals surface area contributed by atoms with Gasteiger partial charge < -0.3 is 14.8 Å². The zero-order valence-electron chi connectivity index (χ0n) is 11.1. The van der Waals surface area contributed by atoms with Crippen LogP contribution in [0.15, 0.2) is 0 Å². The molecule has 0 aromatic rings. The van der Waals surface area contributed by atoms with Crippen molar-refractivity contribution in [1.29, 1.82) is 0 Å². The van der Waals surface area contributed by atoms with Gasteiger partial charge in [0.05, 0.1) is 31.0 Å². The summed E-state index contributed by atoms with van der Waals surface area (Å²) in [7, 11) is 0. The average Bonchev–Trinajstić information content (AvgIpc) is 2.08. The molecule has 0 aromatic carbocycles. The lowest BCUT2D eigenvalue weighted by molar-refractivity contribution is -0.0339. The summed E-state index contributed by atoms with van der Waals surface area (Å²) in [5, 5.41) is 3.36. The molecule has 1 atom stereocenters. The minimum absolute atomic E-state index is 0.0779. The highest BCUT2D eigenvalue weighted by Crippen LogP contribution is 2.07. The summed E-state index contributed by atoms with van der Waals surface area (Å²) in [6, 6.07) is 0.289. The SMILES string of the molecule is CCNC(COC(C)C)COC(C)(C)C. The fraction of sp³-hybridized carbons (Fsp3) is 1.00. The van der Waals surface area contributed by atoms with E-state index in [-0.39, 0.29) is 17.7 Å². The molecular weight excluding hydrogens is 190 g/mol. The van der Waals surface area contributed by atoms with Crippen LogP contribution in [0.5, 0.6) is 0 Å². The molecule has 0 saturated carbocycles. The monoisotopic (exact) mass is 217 g/mol. The van der Waals surface area contributed by atoms with Crippen molar-refractivity contribution in [2.75, 3.05) is 19.8 Å². The zero-order chi connectivity index (χ0) is 11.9. The van der Waals surface area contributed by atoms with Crippen molar-refractivity contribution < 1.29 is 9.47 Å². The topological polar surface area (TPSA) is 30.5 Å². The van der Waals surface area contributed by atoms with Crippen LogP contribution in [0.3, 0.4) is 0 Å². The van der Waals surface area contributed by atoms with Crippen LogP contribution in [0.1, 0.15) is 41.5 Å². The number of hydrogen-bond donors (Lipinski definition) is 1. The molecule has 0 fully saturated rings. The van der Waals surface area contributed by atoms with Gasteiger partial charge in [0, 0.05) is 0 Å². The Morgan fingerprint density at radius 1 is 1.13 bits per heavy atom. The second kappa shape index (κ2) is 7.20. The molecule has 0 aliphatic carbocycles. The Kier molecular flexibility index (Phi) is 7.14. The van der Waals surface area contributed by atoms with Gasteiger partial charge in [-0.05, 0) is 41.2 Å². The second-order valence-electron chi connectivity index (χ2n) is 5.06. The van der Waals surface area contributed by atoms with Crippen LogP contribution in [0.25, 0.3) is 0 Å². The van der Waals surface area contributed by atoms with Crippen molar-refractivity contribution in [3.63, 3.8) is 0 Å². The number of likely N-dealkylation sites (N-methyl/N-ethyl adjacent to an activating group) is 1. The van der Waals surface area contributed by atoms with Gasteiger partial charge in [-0.1, -0.05) is 6.92 Å². The van der Waals surface area contributed by atoms with Gasteiger partial charge in [-0.25, -0.2) is 0 Å². The van der Waals surface area contributed by atoms with Crippen molar-refractivity contribution >= 4 is 0 Å². The highest BCUT2D eigenvalue weighted by molar-refractivity contribution is 4.68. The maximum absolute atomic E-state index is 5.73. The smallest absolute Gasteiger partial charge is 0.0649 e. The van der Waals surface area contributed by atoms with Crippen molar-refractivity contribution in [2.45, 2.75) is 59.3 Å².